The van der Waals surface area contributed by atoms with Crippen LogP contribution >= 0.6 is 33.9 Å². The fourth-order valence-electron chi connectivity index (χ4n) is 1.62. The Morgan fingerprint density at radius 1 is 1.33 bits per heavy atom. The van der Waals surface area contributed by atoms with Crippen molar-refractivity contribution in [3.05, 3.63) is 36.8 Å². The predicted octanol–water partition coefficient (Wildman–Crippen LogP) is 4.69. The molecule has 3 nitrogen and oxygen atoms in total. The lowest BCUT2D eigenvalue weighted by Gasteiger charge is -2.06. The Hall–Kier alpha value is -0.900. The van der Waals surface area contributed by atoms with Crippen LogP contribution in [-0.4, -0.2) is 11.3 Å². The summed E-state index contributed by atoms with van der Waals surface area (Å²) in [6, 6.07) is 4.06. The van der Waals surface area contributed by atoms with Gasteiger partial charge in [0.05, 0.1) is 7.81 Å². The second-order valence-electron chi connectivity index (χ2n) is 3.44. The van der Waals surface area contributed by atoms with Crippen LogP contribution in [0.1, 0.15) is 11.7 Å². The monoisotopic (exact) mass is 387 g/mol. The van der Waals surface area contributed by atoms with Crippen molar-refractivity contribution in [2.75, 3.05) is 0 Å². The van der Waals surface area contributed by atoms with Crippen LogP contribution < -0.4 is 0 Å². The van der Waals surface area contributed by atoms with Crippen molar-refractivity contribution in [2.45, 2.75) is 12.6 Å². The Kier molecular flexibility index (Phi) is 3.76. The van der Waals surface area contributed by atoms with Crippen LogP contribution in [0.2, 0.25) is 0 Å². The summed E-state index contributed by atoms with van der Waals surface area (Å²) in [4.78, 5) is 10.2. The van der Waals surface area contributed by atoms with Crippen molar-refractivity contribution < 1.29 is 18.1 Å². The van der Waals surface area contributed by atoms with Gasteiger partial charge >= 0.3 is 0 Å². The molecule has 0 bridgehead atoms. The maximum Gasteiger partial charge on any atom is 0.287 e. The average molecular weight is 387 g/mol. The number of rotatable bonds is 3. The molecule has 0 amide bonds. The van der Waals surface area contributed by atoms with E-state index >= 15 is 0 Å². The molecule has 96 valence electrons. The molecule has 1 atom stereocenters. The smallest absolute Gasteiger partial charge is 0.258 e. The van der Waals surface area contributed by atoms with Crippen LogP contribution in [0.15, 0.2) is 18.2 Å². The van der Waals surface area contributed by atoms with Crippen molar-refractivity contribution in [3.8, 4) is 0 Å². The fourth-order valence-corrected chi connectivity index (χ4v) is 3.92. The molecule has 0 saturated carbocycles. The topological polar surface area (TPSA) is 43.1 Å². The third kappa shape index (κ3) is 2.18. The molecule has 2 rings (SSSR count). The minimum absolute atomic E-state index is 0.158. The molecule has 18 heavy (non-hydrogen) atoms. The maximum atomic E-state index is 13.5. The number of thiophene rings is 1. The zero-order valence-electron chi connectivity index (χ0n) is 8.57. The molecule has 0 aliphatic carbocycles. The summed E-state index contributed by atoms with van der Waals surface area (Å²) in [5.74, 6) is 0. The first kappa shape index (κ1) is 13.5. The number of alkyl halides is 3. The standard InChI is InChI=1S/C10H5F3INO2S/c11-7(9(12)13)6-4-2-1-3-5(15(16)17)8(4)18-10(6)14/h1-3,7,9H. The zero-order chi connectivity index (χ0) is 13.4. The van der Waals surface area contributed by atoms with Gasteiger partial charge in [-0.05, 0) is 22.6 Å². The lowest BCUT2D eigenvalue weighted by molar-refractivity contribution is -0.382. The van der Waals surface area contributed by atoms with Gasteiger partial charge in [0.15, 0.2) is 6.17 Å². The Bertz CT molecular complexity index is 616. The van der Waals surface area contributed by atoms with E-state index in [0.717, 1.165) is 11.3 Å². The summed E-state index contributed by atoms with van der Waals surface area (Å²) >= 11 is 2.68. The van der Waals surface area contributed by atoms with Crippen molar-refractivity contribution in [1.82, 2.24) is 0 Å². The van der Waals surface area contributed by atoms with E-state index in [-0.39, 0.29) is 21.3 Å². The highest BCUT2D eigenvalue weighted by Crippen LogP contribution is 2.43. The summed E-state index contributed by atoms with van der Waals surface area (Å²) in [5.41, 5.74) is -0.350. The maximum absolute atomic E-state index is 13.5. The second kappa shape index (κ2) is 5.00. The Balaban J connectivity index is 2.73. The second-order valence-corrected chi connectivity index (χ2v) is 6.27. The van der Waals surface area contributed by atoms with Crippen molar-refractivity contribution in [2.24, 2.45) is 0 Å². The van der Waals surface area contributed by atoms with Crippen LogP contribution in [0.4, 0.5) is 18.9 Å². The normalized spacial score (nSPS) is 13.2. The number of nitrogens with zero attached hydrogens (tertiary/aromatic N) is 1. The van der Waals surface area contributed by atoms with Gasteiger partial charge in [-0.15, -0.1) is 11.3 Å². The van der Waals surface area contributed by atoms with Crippen molar-refractivity contribution in [1.29, 1.82) is 0 Å². The number of non-ortho nitro benzene ring substituents is 1. The number of hydrogen-bond donors (Lipinski definition) is 0. The molecule has 0 spiro atoms. The average Bonchev–Trinajstić information content (AvgIpc) is 2.63. The summed E-state index contributed by atoms with van der Waals surface area (Å²) in [5, 5.41) is 11.0. The molecule has 1 unspecified atom stereocenters. The van der Waals surface area contributed by atoms with Crippen LogP contribution in [0.3, 0.4) is 0 Å². The Labute approximate surface area is 117 Å². The van der Waals surface area contributed by atoms with E-state index in [4.69, 9.17) is 0 Å². The van der Waals surface area contributed by atoms with Gasteiger partial charge in [0, 0.05) is 17.0 Å². The molecule has 1 aromatic heterocycles. The quantitative estimate of drug-likeness (QED) is 0.436. The minimum atomic E-state index is -3.14. The number of halogens is 4. The minimum Gasteiger partial charge on any atom is -0.258 e. The third-order valence-electron chi connectivity index (χ3n) is 2.38. The van der Waals surface area contributed by atoms with E-state index in [2.05, 4.69) is 0 Å². The highest BCUT2D eigenvalue weighted by atomic mass is 127. The SMILES string of the molecule is O=[N+]([O-])c1cccc2c(C(F)C(F)F)c(I)sc12. The molecular formula is C10H5F3INO2S. The van der Waals surface area contributed by atoms with Gasteiger partial charge < -0.3 is 0 Å². The van der Waals surface area contributed by atoms with Gasteiger partial charge in [-0.25, -0.2) is 13.2 Å². The Morgan fingerprint density at radius 3 is 2.56 bits per heavy atom. The lowest BCUT2D eigenvalue weighted by Crippen LogP contribution is -2.03. The highest BCUT2D eigenvalue weighted by molar-refractivity contribution is 14.1. The first-order valence-corrected chi connectivity index (χ1v) is 6.60. The van der Waals surface area contributed by atoms with E-state index in [9.17, 15) is 23.3 Å². The molecular weight excluding hydrogens is 382 g/mol. The van der Waals surface area contributed by atoms with Gasteiger partial charge in [-0.3, -0.25) is 10.1 Å². The fraction of sp³-hybridized carbons (Fsp3) is 0.200. The Morgan fingerprint density at radius 2 is 2.00 bits per heavy atom. The van der Waals surface area contributed by atoms with Gasteiger partial charge in [0.25, 0.3) is 12.1 Å². The van der Waals surface area contributed by atoms with Crippen LogP contribution in [0.5, 0.6) is 0 Å². The first-order valence-electron chi connectivity index (χ1n) is 4.71. The van der Waals surface area contributed by atoms with Gasteiger partial charge in [-0.2, -0.15) is 0 Å². The summed E-state index contributed by atoms with van der Waals surface area (Å²) in [6.07, 6.45) is -5.57. The number of nitro benzene ring substituents is 1. The lowest BCUT2D eigenvalue weighted by atomic mass is 10.1. The van der Waals surface area contributed by atoms with E-state index in [1.54, 1.807) is 22.6 Å². The van der Waals surface area contributed by atoms with Crippen molar-refractivity contribution >= 4 is 49.7 Å². The third-order valence-corrected chi connectivity index (χ3v) is 4.66. The highest BCUT2D eigenvalue weighted by Gasteiger charge is 2.29. The molecule has 0 aliphatic rings. The first-order chi connectivity index (χ1) is 8.43. The largest absolute Gasteiger partial charge is 0.287 e. The molecule has 1 heterocycles. The zero-order valence-corrected chi connectivity index (χ0v) is 11.5. The summed E-state index contributed by atoms with van der Waals surface area (Å²) in [6.45, 7) is 0. The molecule has 0 aliphatic heterocycles. The van der Waals surface area contributed by atoms with E-state index in [1.807, 2.05) is 0 Å². The molecule has 2 aromatic rings. The number of benzene rings is 1. The van der Waals surface area contributed by atoms with Crippen molar-refractivity contribution in [3.63, 3.8) is 0 Å². The molecule has 0 fully saturated rings. The number of hydrogen-bond acceptors (Lipinski definition) is 3. The van der Waals surface area contributed by atoms with E-state index in [0.29, 0.717) is 2.88 Å². The van der Waals surface area contributed by atoms with Gasteiger partial charge in [0.1, 0.15) is 4.70 Å². The molecule has 8 heteroatoms. The number of nitro groups is 1. The molecule has 0 radical (unpaired) electrons. The van der Waals surface area contributed by atoms with Crippen LogP contribution in [0, 0.1) is 13.0 Å². The van der Waals surface area contributed by atoms with Crippen LogP contribution in [0.25, 0.3) is 10.1 Å². The number of fused-ring (bicyclic) bond motifs is 1. The van der Waals surface area contributed by atoms with Crippen LogP contribution in [-0.2, 0) is 0 Å². The molecule has 0 N–H and O–H groups in total. The van der Waals surface area contributed by atoms with E-state index in [1.165, 1.54) is 18.2 Å². The van der Waals surface area contributed by atoms with E-state index < -0.39 is 17.5 Å². The summed E-state index contributed by atoms with van der Waals surface area (Å²) in [7, 11) is 0. The molecule has 1 aromatic carbocycles. The predicted molar refractivity (Wildman–Crippen MR) is 71.0 cm³/mol. The van der Waals surface area contributed by atoms with Gasteiger partial charge in [-0.1, -0.05) is 12.1 Å². The van der Waals surface area contributed by atoms with Gasteiger partial charge in [0.2, 0.25) is 0 Å². The summed E-state index contributed by atoms with van der Waals surface area (Å²) < 4.78 is 38.9. The molecule has 0 saturated heterocycles.